The van der Waals surface area contributed by atoms with Crippen molar-refractivity contribution in [3.8, 4) is 0 Å². The van der Waals surface area contributed by atoms with Gasteiger partial charge in [0.15, 0.2) is 0 Å². The largest absolute Gasteiger partial charge is 0.354 e. The lowest BCUT2D eigenvalue weighted by molar-refractivity contribution is 0.312. The minimum atomic E-state index is -3.57. The fourth-order valence-electron chi connectivity index (χ4n) is 3.87. The second kappa shape index (κ2) is 8.66. The van der Waals surface area contributed by atoms with E-state index in [-0.39, 0.29) is 4.90 Å². The van der Waals surface area contributed by atoms with Crippen LogP contribution in [0.3, 0.4) is 0 Å². The Balaban J connectivity index is 1.45. The third kappa shape index (κ3) is 4.39. The van der Waals surface area contributed by atoms with Crippen LogP contribution in [0.1, 0.15) is 5.56 Å². The van der Waals surface area contributed by atoms with Crippen molar-refractivity contribution >= 4 is 33.3 Å². The van der Waals surface area contributed by atoms with E-state index in [4.69, 9.17) is 11.6 Å². The molecule has 0 spiro atoms. The van der Waals surface area contributed by atoms with Gasteiger partial charge in [0.25, 0.3) is 0 Å². The van der Waals surface area contributed by atoms with Crippen molar-refractivity contribution in [1.29, 1.82) is 0 Å². The normalized spacial score (nSPS) is 19.3. The molecule has 10 heteroatoms. The lowest BCUT2D eigenvalue weighted by Gasteiger charge is -2.36. The second-order valence-corrected chi connectivity index (χ2v) is 10.2. The van der Waals surface area contributed by atoms with Crippen LogP contribution in [0, 0.1) is 6.92 Å². The molecule has 3 heterocycles. The Kier molecular flexibility index (Phi) is 6.15. The molecule has 0 radical (unpaired) electrons. The molecule has 4 rings (SSSR count). The van der Waals surface area contributed by atoms with Gasteiger partial charge >= 0.3 is 0 Å². The first-order valence-electron chi connectivity index (χ1n) is 10.1. The van der Waals surface area contributed by atoms with Gasteiger partial charge in [0.1, 0.15) is 18.0 Å². The number of aryl methyl sites for hydroxylation is 1. The van der Waals surface area contributed by atoms with Crippen LogP contribution >= 0.6 is 11.6 Å². The predicted molar refractivity (Wildman–Crippen MR) is 119 cm³/mol. The van der Waals surface area contributed by atoms with Crippen molar-refractivity contribution in [2.45, 2.75) is 11.8 Å². The smallest absolute Gasteiger partial charge is 0.243 e. The van der Waals surface area contributed by atoms with E-state index in [0.29, 0.717) is 36.8 Å². The van der Waals surface area contributed by atoms with Gasteiger partial charge in [-0.15, -0.1) is 0 Å². The van der Waals surface area contributed by atoms with Gasteiger partial charge in [0.2, 0.25) is 10.0 Å². The number of anilines is 2. The molecule has 0 amide bonds. The van der Waals surface area contributed by atoms with Gasteiger partial charge < -0.3 is 14.7 Å². The highest BCUT2D eigenvalue weighted by molar-refractivity contribution is 7.89. The summed E-state index contributed by atoms with van der Waals surface area (Å²) in [6.07, 6.45) is 1.60. The van der Waals surface area contributed by atoms with Gasteiger partial charge in [-0.3, -0.25) is 0 Å². The van der Waals surface area contributed by atoms with Crippen molar-refractivity contribution in [1.82, 2.24) is 19.2 Å². The van der Waals surface area contributed by atoms with E-state index >= 15 is 0 Å². The number of halogens is 1. The summed E-state index contributed by atoms with van der Waals surface area (Å²) in [4.78, 5) is 15.9. The number of nitrogens with zero attached hydrogens (tertiary/aromatic N) is 6. The van der Waals surface area contributed by atoms with Crippen molar-refractivity contribution < 1.29 is 8.42 Å². The number of benzene rings is 1. The van der Waals surface area contributed by atoms with Crippen LogP contribution in [0.5, 0.6) is 0 Å². The molecule has 0 unspecified atom stereocenters. The van der Waals surface area contributed by atoms with E-state index in [9.17, 15) is 8.42 Å². The highest BCUT2D eigenvalue weighted by Gasteiger charge is 2.30. The number of piperazine rings is 2. The summed E-state index contributed by atoms with van der Waals surface area (Å²) in [5.41, 5.74) is 0.703. The fourth-order valence-corrected chi connectivity index (χ4v) is 5.78. The van der Waals surface area contributed by atoms with Gasteiger partial charge in [-0.05, 0) is 31.7 Å². The van der Waals surface area contributed by atoms with Crippen LogP contribution in [0.4, 0.5) is 11.6 Å². The first-order chi connectivity index (χ1) is 14.3. The Hall–Kier alpha value is -1.94. The summed E-state index contributed by atoms with van der Waals surface area (Å²) in [6, 6.07) is 7.00. The molecular formula is C20H27ClN6O2S. The Morgan fingerprint density at radius 3 is 2.03 bits per heavy atom. The molecule has 2 aliphatic heterocycles. The highest BCUT2D eigenvalue weighted by Crippen LogP contribution is 2.26. The zero-order valence-corrected chi connectivity index (χ0v) is 18.9. The molecule has 0 saturated carbocycles. The molecule has 0 N–H and O–H groups in total. The number of aromatic nitrogens is 2. The molecule has 30 heavy (non-hydrogen) atoms. The lowest BCUT2D eigenvalue weighted by Crippen LogP contribution is -2.49. The molecule has 2 aliphatic rings. The van der Waals surface area contributed by atoms with Gasteiger partial charge in [0.05, 0.1) is 4.90 Å². The van der Waals surface area contributed by atoms with Gasteiger partial charge in [-0.1, -0.05) is 17.7 Å². The number of likely N-dealkylation sites (N-methyl/N-ethyl adjacent to an activating group) is 1. The second-order valence-electron chi connectivity index (χ2n) is 7.83. The Labute approximate surface area is 183 Å². The molecule has 8 nitrogen and oxygen atoms in total. The van der Waals surface area contributed by atoms with Crippen LogP contribution < -0.4 is 9.80 Å². The van der Waals surface area contributed by atoms with E-state index in [0.717, 1.165) is 37.8 Å². The maximum Gasteiger partial charge on any atom is 0.243 e. The zero-order valence-electron chi connectivity index (χ0n) is 17.3. The molecule has 2 aromatic rings. The first kappa shape index (κ1) is 21.3. The molecule has 0 atom stereocenters. The first-order valence-corrected chi connectivity index (χ1v) is 11.9. The Morgan fingerprint density at radius 2 is 1.43 bits per heavy atom. The summed E-state index contributed by atoms with van der Waals surface area (Å²) in [5, 5.41) is 0.426. The minimum Gasteiger partial charge on any atom is -0.354 e. The third-order valence-corrected chi connectivity index (χ3v) is 8.07. The fraction of sp³-hybridized carbons (Fsp3) is 0.500. The third-order valence-electron chi connectivity index (χ3n) is 5.80. The Morgan fingerprint density at radius 1 is 0.867 bits per heavy atom. The highest BCUT2D eigenvalue weighted by atomic mass is 35.5. The standard InChI is InChI=1S/C20H27ClN6O2S/c1-16-3-4-17(21)13-18(16)30(28,29)27-11-9-26(10-12-27)20-14-19(22-15-23-20)25-7-5-24(2)6-8-25/h3-4,13-15H,5-12H2,1-2H3. The molecule has 0 bridgehead atoms. The average Bonchev–Trinajstić information content (AvgIpc) is 2.76. The molecule has 0 aliphatic carbocycles. The van der Waals surface area contributed by atoms with Crippen LogP contribution in [0.25, 0.3) is 0 Å². The van der Waals surface area contributed by atoms with Crippen LogP contribution in [0.15, 0.2) is 35.5 Å². The molecule has 1 aromatic heterocycles. The minimum absolute atomic E-state index is 0.280. The number of hydrogen-bond donors (Lipinski definition) is 0. The van der Waals surface area contributed by atoms with Crippen molar-refractivity contribution in [3.63, 3.8) is 0 Å². The van der Waals surface area contributed by atoms with E-state index in [2.05, 4.69) is 31.7 Å². The SMILES string of the molecule is Cc1ccc(Cl)cc1S(=O)(=O)N1CCN(c2cc(N3CCN(C)CC3)ncn2)CC1. The van der Waals surface area contributed by atoms with E-state index < -0.39 is 10.0 Å². The van der Waals surface area contributed by atoms with Crippen molar-refractivity contribution in [2.75, 3.05) is 69.2 Å². The molecule has 1 aromatic carbocycles. The summed E-state index contributed by atoms with van der Waals surface area (Å²) < 4.78 is 27.7. The van der Waals surface area contributed by atoms with E-state index in [1.807, 2.05) is 6.07 Å². The zero-order chi connectivity index (χ0) is 21.3. The van der Waals surface area contributed by atoms with Crippen LogP contribution in [-0.2, 0) is 10.0 Å². The van der Waals surface area contributed by atoms with E-state index in [1.165, 1.54) is 10.4 Å². The quantitative estimate of drug-likeness (QED) is 0.701. The monoisotopic (exact) mass is 450 g/mol. The lowest BCUT2D eigenvalue weighted by atomic mass is 10.2. The summed E-state index contributed by atoms with van der Waals surface area (Å²) >= 11 is 6.04. The Bertz CT molecular complexity index is 1000. The van der Waals surface area contributed by atoms with Gasteiger partial charge in [-0.2, -0.15) is 4.31 Å². The molecule has 162 valence electrons. The average molecular weight is 451 g/mol. The number of sulfonamides is 1. The molecule has 2 fully saturated rings. The summed E-state index contributed by atoms with van der Waals surface area (Å²) in [5.74, 6) is 1.77. The number of hydrogen-bond acceptors (Lipinski definition) is 7. The summed E-state index contributed by atoms with van der Waals surface area (Å²) in [7, 11) is -1.45. The maximum atomic E-state index is 13.1. The van der Waals surface area contributed by atoms with Crippen molar-refractivity contribution in [2.24, 2.45) is 0 Å². The van der Waals surface area contributed by atoms with E-state index in [1.54, 1.807) is 25.4 Å². The topological polar surface area (TPSA) is 72.9 Å². The van der Waals surface area contributed by atoms with Crippen LogP contribution in [-0.4, -0.2) is 87.0 Å². The van der Waals surface area contributed by atoms with Gasteiger partial charge in [0, 0.05) is 63.4 Å². The predicted octanol–water partition coefficient (Wildman–Crippen LogP) is 1.70. The molecule has 2 saturated heterocycles. The molecular weight excluding hydrogens is 424 g/mol. The number of rotatable bonds is 4. The van der Waals surface area contributed by atoms with Crippen LogP contribution in [0.2, 0.25) is 5.02 Å². The summed E-state index contributed by atoms with van der Waals surface area (Å²) in [6.45, 7) is 7.67. The van der Waals surface area contributed by atoms with Gasteiger partial charge in [-0.25, -0.2) is 18.4 Å². The van der Waals surface area contributed by atoms with Crippen molar-refractivity contribution in [3.05, 3.63) is 41.2 Å². The maximum absolute atomic E-state index is 13.1.